The van der Waals surface area contributed by atoms with Crippen molar-refractivity contribution >= 4 is 22.6 Å². The number of unbranched alkanes of at least 4 members (excludes halogenated alkanes) is 1. The number of hydrogen-bond acceptors (Lipinski definition) is 4. The second kappa shape index (κ2) is 5.59. The maximum Gasteiger partial charge on any atom is 0.241 e. The minimum Gasteiger partial charge on any atom is -0.325 e. The first-order chi connectivity index (χ1) is 8.70. The van der Waals surface area contributed by atoms with Crippen molar-refractivity contribution in [3.8, 4) is 0 Å². The zero-order chi connectivity index (χ0) is 13.0. The van der Waals surface area contributed by atoms with Gasteiger partial charge >= 0.3 is 0 Å². The highest BCUT2D eigenvalue weighted by molar-refractivity contribution is 5.96. The minimum absolute atomic E-state index is 0.161. The number of rotatable bonds is 5. The van der Waals surface area contributed by atoms with Crippen LogP contribution in [0.4, 0.5) is 5.69 Å². The van der Waals surface area contributed by atoms with E-state index in [1.807, 2.05) is 0 Å². The molecule has 1 atom stereocenters. The van der Waals surface area contributed by atoms with Gasteiger partial charge in [0.1, 0.15) is 11.0 Å². The Bertz CT molecular complexity index is 536. The van der Waals surface area contributed by atoms with Crippen LogP contribution in [-0.4, -0.2) is 27.4 Å². The zero-order valence-electron chi connectivity index (χ0n) is 10.3. The Morgan fingerprint density at radius 2 is 2.22 bits per heavy atom. The van der Waals surface area contributed by atoms with Crippen molar-refractivity contribution in [2.24, 2.45) is 5.73 Å². The molecule has 0 radical (unpaired) electrons. The zero-order valence-corrected chi connectivity index (χ0v) is 10.3. The number of nitrogens with zero attached hydrogens (tertiary/aromatic N) is 2. The van der Waals surface area contributed by atoms with Crippen molar-refractivity contribution in [1.82, 2.24) is 15.4 Å². The topological polar surface area (TPSA) is 96.7 Å². The van der Waals surface area contributed by atoms with Crippen LogP contribution in [0.25, 0.3) is 11.0 Å². The summed E-state index contributed by atoms with van der Waals surface area (Å²) in [5, 5.41) is 13.2. The van der Waals surface area contributed by atoms with Gasteiger partial charge in [0.15, 0.2) is 0 Å². The molecule has 0 spiro atoms. The van der Waals surface area contributed by atoms with Gasteiger partial charge < -0.3 is 11.1 Å². The molecule has 1 aromatic heterocycles. The Kier molecular flexibility index (Phi) is 3.88. The molecule has 1 unspecified atom stereocenters. The van der Waals surface area contributed by atoms with E-state index in [9.17, 15) is 4.79 Å². The van der Waals surface area contributed by atoms with E-state index < -0.39 is 6.04 Å². The van der Waals surface area contributed by atoms with E-state index in [-0.39, 0.29) is 5.91 Å². The first kappa shape index (κ1) is 12.5. The predicted octanol–water partition coefficient (Wildman–Crippen LogP) is 1.41. The van der Waals surface area contributed by atoms with Crippen LogP contribution in [0.3, 0.4) is 0 Å². The van der Waals surface area contributed by atoms with Crippen LogP contribution < -0.4 is 11.1 Å². The van der Waals surface area contributed by atoms with Crippen molar-refractivity contribution in [3.05, 3.63) is 18.2 Å². The van der Waals surface area contributed by atoms with Gasteiger partial charge in [0.2, 0.25) is 5.91 Å². The number of nitrogens with one attached hydrogen (secondary N) is 2. The van der Waals surface area contributed by atoms with Gasteiger partial charge in [0.25, 0.3) is 0 Å². The molecule has 6 nitrogen and oxygen atoms in total. The van der Waals surface area contributed by atoms with Crippen molar-refractivity contribution in [2.45, 2.75) is 32.2 Å². The second-order valence-corrected chi connectivity index (χ2v) is 4.27. The number of H-pyrrole nitrogens is 1. The molecule has 0 saturated heterocycles. The van der Waals surface area contributed by atoms with E-state index in [0.29, 0.717) is 12.1 Å². The number of hydrogen-bond donors (Lipinski definition) is 3. The predicted molar refractivity (Wildman–Crippen MR) is 70.0 cm³/mol. The van der Waals surface area contributed by atoms with Gasteiger partial charge in [-0.2, -0.15) is 15.4 Å². The number of nitrogens with two attached hydrogens (primary N) is 1. The standard InChI is InChI=1S/C12H17N5O/c1-2-3-4-9(13)12(18)14-8-5-6-10-11(7-8)16-17-15-10/h5-7,9H,2-4,13H2,1H3,(H,14,18)(H,15,16,17). The molecule has 4 N–H and O–H groups in total. The van der Waals surface area contributed by atoms with E-state index in [1.165, 1.54) is 0 Å². The highest BCUT2D eigenvalue weighted by Gasteiger charge is 2.13. The number of anilines is 1. The summed E-state index contributed by atoms with van der Waals surface area (Å²) in [6.07, 6.45) is 2.69. The molecule has 2 aromatic rings. The maximum absolute atomic E-state index is 11.8. The van der Waals surface area contributed by atoms with E-state index in [2.05, 4.69) is 27.7 Å². The van der Waals surface area contributed by atoms with Crippen LogP contribution in [-0.2, 0) is 4.79 Å². The molecule has 0 saturated carbocycles. The van der Waals surface area contributed by atoms with Crippen molar-refractivity contribution in [2.75, 3.05) is 5.32 Å². The lowest BCUT2D eigenvalue weighted by molar-refractivity contribution is -0.117. The summed E-state index contributed by atoms with van der Waals surface area (Å²) < 4.78 is 0. The maximum atomic E-state index is 11.8. The Morgan fingerprint density at radius 1 is 1.44 bits per heavy atom. The van der Waals surface area contributed by atoms with Crippen LogP contribution in [0.5, 0.6) is 0 Å². The van der Waals surface area contributed by atoms with E-state index in [0.717, 1.165) is 23.9 Å². The molecular formula is C12H17N5O. The first-order valence-corrected chi connectivity index (χ1v) is 6.07. The normalized spacial score (nSPS) is 12.6. The average molecular weight is 247 g/mol. The first-order valence-electron chi connectivity index (χ1n) is 6.07. The summed E-state index contributed by atoms with van der Waals surface area (Å²) in [6, 6.07) is 4.89. The molecule has 0 bridgehead atoms. The van der Waals surface area contributed by atoms with Gasteiger partial charge in [0, 0.05) is 5.69 Å². The SMILES string of the molecule is CCCCC(N)C(=O)Nc1ccc2n[nH]nc2c1. The molecule has 2 rings (SSSR count). The molecule has 0 aliphatic rings. The highest BCUT2D eigenvalue weighted by atomic mass is 16.2. The Balaban J connectivity index is 2.01. The third kappa shape index (κ3) is 2.84. The number of aromatic amines is 1. The number of amides is 1. The summed E-state index contributed by atoms with van der Waals surface area (Å²) >= 11 is 0. The lowest BCUT2D eigenvalue weighted by Crippen LogP contribution is -2.35. The number of fused-ring (bicyclic) bond motifs is 1. The van der Waals surface area contributed by atoms with Gasteiger partial charge in [-0.05, 0) is 24.6 Å². The van der Waals surface area contributed by atoms with Gasteiger partial charge in [-0.15, -0.1) is 0 Å². The average Bonchev–Trinajstić information content (AvgIpc) is 2.83. The molecule has 96 valence electrons. The smallest absolute Gasteiger partial charge is 0.241 e. The van der Waals surface area contributed by atoms with Gasteiger partial charge in [-0.25, -0.2) is 0 Å². The monoisotopic (exact) mass is 247 g/mol. The Morgan fingerprint density at radius 3 is 3.00 bits per heavy atom. The van der Waals surface area contributed by atoms with E-state index in [1.54, 1.807) is 18.2 Å². The molecule has 18 heavy (non-hydrogen) atoms. The van der Waals surface area contributed by atoms with Crippen molar-refractivity contribution < 1.29 is 4.79 Å². The van der Waals surface area contributed by atoms with Crippen molar-refractivity contribution in [3.63, 3.8) is 0 Å². The van der Waals surface area contributed by atoms with Crippen molar-refractivity contribution in [1.29, 1.82) is 0 Å². The molecule has 1 amide bonds. The lowest BCUT2D eigenvalue weighted by Gasteiger charge is -2.11. The lowest BCUT2D eigenvalue weighted by atomic mass is 10.1. The fraction of sp³-hybridized carbons (Fsp3) is 0.417. The molecule has 1 heterocycles. The number of carbonyl (C=O) groups is 1. The Hall–Kier alpha value is -1.95. The van der Waals surface area contributed by atoms with Crippen LogP contribution in [0.15, 0.2) is 18.2 Å². The number of aromatic nitrogens is 3. The molecule has 6 heteroatoms. The minimum atomic E-state index is -0.460. The summed E-state index contributed by atoms with van der Waals surface area (Å²) in [4.78, 5) is 11.8. The summed E-state index contributed by atoms with van der Waals surface area (Å²) in [6.45, 7) is 2.07. The van der Waals surface area contributed by atoms with Crippen LogP contribution in [0.1, 0.15) is 26.2 Å². The molecular weight excluding hydrogens is 230 g/mol. The second-order valence-electron chi connectivity index (χ2n) is 4.27. The fourth-order valence-electron chi connectivity index (χ4n) is 1.71. The summed E-state index contributed by atoms with van der Waals surface area (Å²) in [7, 11) is 0. The number of benzene rings is 1. The third-order valence-electron chi connectivity index (χ3n) is 2.79. The summed E-state index contributed by atoms with van der Waals surface area (Å²) in [5.74, 6) is -0.161. The highest BCUT2D eigenvalue weighted by Crippen LogP contribution is 2.15. The van der Waals surface area contributed by atoms with Gasteiger partial charge in [-0.3, -0.25) is 4.79 Å². The van der Waals surface area contributed by atoms with E-state index >= 15 is 0 Å². The van der Waals surface area contributed by atoms with E-state index in [4.69, 9.17) is 5.73 Å². The largest absolute Gasteiger partial charge is 0.325 e. The quantitative estimate of drug-likeness (QED) is 0.744. The molecule has 0 fully saturated rings. The molecule has 0 aliphatic carbocycles. The van der Waals surface area contributed by atoms with Gasteiger partial charge in [-0.1, -0.05) is 19.8 Å². The van der Waals surface area contributed by atoms with Gasteiger partial charge in [0.05, 0.1) is 6.04 Å². The van der Waals surface area contributed by atoms with Crippen LogP contribution >= 0.6 is 0 Å². The Labute approximate surface area is 105 Å². The molecule has 1 aromatic carbocycles. The van der Waals surface area contributed by atoms with Crippen LogP contribution in [0, 0.1) is 0 Å². The van der Waals surface area contributed by atoms with Crippen LogP contribution in [0.2, 0.25) is 0 Å². The third-order valence-corrected chi connectivity index (χ3v) is 2.79. The summed E-state index contributed by atoms with van der Waals surface area (Å²) in [5.41, 5.74) is 7.97. The number of carbonyl (C=O) groups excluding carboxylic acids is 1. The molecule has 0 aliphatic heterocycles. The fourth-order valence-corrected chi connectivity index (χ4v) is 1.71.